The number of nitrogens with zero attached hydrogens (tertiary/aromatic N) is 1. The Morgan fingerprint density at radius 1 is 1.50 bits per heavy atom. The molecule has 1 heterocycles. The molecular weight excluding hydrogens is 125 g/mol. The van der Waals surface area contributed by atoms with Crippen LogP contribution in [-0.2, 0) is 0 Å². The molecule has 1 N–H and O–H groups in total. The predicted octanol–water partition coefficient (Wildman–Crippen LogP) is 0.664. The van der Waals surface area contributed by atoms with E-state index in [-0.39, 0.29) is 0 Å². The lowest BCUT2D eigenvalue weighted by Crippen LogP contribution is -1.80. The van der Waals surface area contributed by atoms with Crippen LogP contribution in [0, 0.1) is 0 Å². The summed E-state index contributed by atoms with van der Waals surface area (Å²) in [5.41, 5.74) is 0.841. The highest BCUT2D eigenvalue weighted by molar-refractivity contribution is 6.33. The monoisotopic (exact) mass is 132 g/mol. The van der Waals surface area contributed by atoms with Crippen molar-refractivity contribution in [1.82, 2.24) is 4.98 Å². The molecule has 0 aliphatic heterocycles. The van der Waals surface area contributed by atoms with E-state index in [2.05, 4.69) is 4.98 Å². The zero-order chi connectivity index (χ0) is 7.23. The fraction of sp³-hybridized carbons (Fsp3) is 0. The molecule has 0 amide bonds. The maximum absolute atomic E-state index is 8.29. The molecule has 49 valence electrons. The second-order valence-corrected chi connectivity index (χ2v) is 1.76. The van der Waals surface area contributed by atoms with Gasteiger partial charge in [-0.2, -0.15) is 0 Å². The molecule has 0 bridgehead atoms. The summed E-state index contributed by atoms with van der Waals surface area (Å²) in [6, 6.07) is 5.60. The molecule has 1 aromatic heterocycles. The molecule has 0 aliphatic rings. The molecule has 0 aliphatic carbocycles. The van der Waals surface area contributed by atoms with Crippen LogP contribution in [0.5, 0.6) is 0 Å². The summed E-state index contributed by atoms with van der Waals surface area (Å²) in [6.45, 7) is 0. The van der Waals surface area contributed by atoms with E-state index in [0.717, 1.165) is 13.2 Å². The van der Waals surface area contributed by atoms with Gasteiger partial charge in [0.1, 0.15) is 0 Å². The molecule has 1 rings (SSSR count). The molecule has 0 saturated carbocycles. The van der Waals surface area contributed by atoms with Crippen LogP contribution in [0.15, 0.2) is 30.4 Å². The van der Waals surface area contributed by atoms with Crippen molar-refractivity contribution in [3.8, 4) is 0 Å². The third-order valence-corrected chi connectivity index (χ3v) is 1.04. The van der Waals surface area contributed by atoms with Crippen LogP contribution in [-0.4, -0.2) is 17.5 Å². The number of rotatable bonds is 2. The molecule has 0 spiro atoms. The van der Waals surface area contributed by atoms with Crippen LogP contribution < -0.4 is 0 Å². The van der Waals surface area contributed by atoms with Crippen molar-refractivity contribution in [3.63, 3.8) is 0 Å². The molecule has 0 aromatic carbocycles. The minimum absolute atomic E-state index is 0.841. The van der Waals surface area contributed by atoms with Crippen molar-refractivity contribution in [2.24, 2.45) is 0 Å². The fourth-order valence-corrected chi connectivity index (χ4v) is 0.616. The Balaban J connectivity index is 2.67. The highest BCUT2D eigenvalue weighted by Gasteiger charge is 1.81. The van der Waals surface area contributed by atoms with Crippen LogP contribution in [0.25, 0.3) is 6.08 Å². The minimum atomic E-state index is 0.841. The van der Waals surface area contributed by atoms with Gasteiger partial charge in [0.25, 0.3) is 0 Å². The summed E-state index contributed by atoms with van der Waals surface area (Å²) in [5.74, 6) is 1.53. The summed E-state index contributed by atoms with van der Waals surface area (Å²) in [6.07, 6.45) is 3.43. The molecule has 0 unspecified atom stereocenters. The summed E-state index contributed by atoms with van der Waals surface area (Å²) < 4.78 is 0. The smallest absolute Gasteiger partial charge is 0.318 e. The number of aromatic nitrogens is 1. The van der Waals surface area contributed by atoms with Crippen molar-refractivity contribution in [3.05, 3.63) is 36.1 Å². The first kappa shape index (κ1) is 7.03. The lowest BCUT2D eigenvalue weighted by atomic mass is 10.0. The SMILES string of the molecule is O[B]C=Cc1ccccn1. The van der Waals surface area contributed by atoms with Gasteiger partial charge in [0.15, 0.2) is 0 Å². The van der Waals surface area contributed by atoms with Crippen molar-refractivity contribution in [2.45, 2.75) is 0 Å². The predicted molar refractivity (Wildman–Crippen MR) is 41.2 cm³/mol. The van der Waals surface area contributed by atoms with E-state index in [1.807, 2.05) is 18.2 Å². The lowest BCUT2D eigenvalue weighted by Gasteiger charge is -1.86. The molecule has 0 fully saturated rings. The average molecular weight is 132 g/mol. The van der Waals surface area contributed by atoms with E-state index in [0.29, 0.717) is 0 Å². The Morgan fingerprint density at radius 3 is 3.00 bits per heavy atom. The fourth-order valence-electron chi connectivity index (χ4n) is 0.616. The average Bonchev–Trinajstić information content (AvgIpc) is 2.03. The maximum Gasteiger partial charge on any atom is 0.318 e. The van der Waals surface area contributed by atoms with E-state index < -0.39 is 0 Å². The zero-order valence-electron chi connectivity index (χ0n) is 5.44. The Morgan fingerprint density at radius 2 is 2.40 bits per heavy atom. The summed E-state index contributed by atoms with van der Waals surface area (Å²) in [4.78, 5) is 4.00. The molecule has 0 atom stereocenters. The molecule has 10 heavy (non-hydrogen) atoms. The van der Waals surface area contributed by atoms with Crippen molar-refractivity contribution < 1.29 is 5.02 Å². The molecule has 1 radical (unpaired) electrons. The van der Waals surface area contributed by atoms with Crippen molar-refractivity contribution in [1.29, 1.82) is 0 Å². The molecule has 0 saturated heterocycles. The first-order valence-electron chi connectivity index (χ1n) is 2.98. The summed E-state index contributed by atoms with van der Waals surface area (Å²) >= 11 is 0. The van der Waals surface area contributed by atoms with Gasteiger partial charge in [-0.15, -0.1) is 0 Å². The topological polar surface area (TPSA) is 33.1 Å². The lowest BCUT2D eigenvalue weighted by molar-refractivity contribution is 0.615. The Labute approximate surface area is 60.5 Å². The zero-order valence-corrected chi connectivity index (χ0v) is 5.44. The van der Waals surface area contributed by atoms with Gasteiger partial charge < -0.3 is 5.02 Å². The second kappa shape index (κ2) is 3.85. The van der Waals surface area contributed by atoms with Gasteiger partial charge in [-0.05, 0) is 18.2 Å². The van der Waals surface area contributed by atoms with E-state index >= 15 is 0 Å². The van der Waals surface area contributed by atoms with Gasteiger partial charge in [-0.25, -0.2) is 0 Å². The third kappa shape index (κ3) is 2.03. The third-order valence-electron chi connectivity index (χ3n) is 1.04. The number of hydrogen-bond acceptors (Lipinski definition) is 2. The van der Waals surface area contributed by atoms with E-state index in [4.69, 9.17) is 5.02 Å². The van der Waals surface area contributed by atoms with E-state index in [9.17, 15) is 0 Å². The molecule has 3 heteroatoms. The molecular formula is C7H7BNO. The van der Waals surface area contributed by atoms with E-state index in [1.165, 1.54) is 5.98 Å². The van der Waals surface area contributed by atoms with Crippen molar-refractivity contribution in [2.75, 3.05) is 0 Å². The highest BCUT2D eigenvalue weighted by Crippen LogP contribution is 1.94. The first-order chi connectivity index (χ1) is 4.93. The van der Waals surface area contributed by atoms with Gasteiger partial charge in [-0.1, -0.05) is 12.0 Å². The molecule has 1 aromatic rings. The quantitative estimate of drug-likeness (QED) is 0.599. The Kier molecular flexibility index (Phi) is 2.71. The normalized spacial score (nSPS) is 10.1. The summed E-state index contributed by atoms with van der Waals surface area (Å²) in [5, 5.41) is 8.29. The maximum atomic E-state index is 8.29. The first-order valence-corrected chi connectivity index (χ1v) is 2.98. The Hall–Kier alpha value is -1.09. The Bertz CT molecular complexity index is 210. The van der Waals surface area contributed by atoms with Gasteiger partial charge in [0.05, 0.1) is 5.69 Å². The summed E-state index contributed by atoms with van der Waals surface area (Å²) in [7, 11) is 0.981. The minimum Gasteiger partial charge on any atom is -0.450 e. The van der Waals surface area contributed by atoms with Gasteiger partial charge >= 0.3 is 7.48 Å². The van der Waals surface area contributed by atoms with Crippen LogP contribution in [0.4, 0.5) is 0 Å². The largest absolute Gasteiger partial charge is 0.450 e. The van der Waals surface area contributed by atoms with Crippen LogP contribution in [0.3, 0.4) is 0 Å². The van der Waals surface area contributed by atoms with Gasteiger partial charge in [0.2, 0.25) is 0 Å². The molecule has 2 nitrogen and oxygen atoms in total. The van der Waals surface area contributed by atoms with Crippen LogP contribution >= 0.6 is 0 Å². The van der Waals surface area contributed by atoms with Gasteiger partial charge in [-0.3, -0.25) is 4.98 Å². The van der Waals surface area contributed by atoms with Crippen molar-refractivity contribution >= 4 is 13.6 Å². The van der Waals surface area contributed by atoms with E-state index in [1.54, 1.807) is 12.3 Å². The standard InChI is InChI=1S/C7H7BNO/c10-8-5-4-7-3-1-2-6-9-7/h1-6,10H. The second-order valence-electron chi connectivity index (χ2n) is 1.76. The highest BCUT2D eigenvalue weighted by atomic mass is 16.2. The number of pyridine rings is 1. The van der Waals surface area contributed by atoms with Crippen LogP contribution in [0.2, 0.25) is 0 Å². The van der Waals surface area contributed by atoms with Gasteiger partial charge in [0, 0.05) is 6.20 Å². The van der Waals surface area contributed by atoms with Crippen LogP contribution in [0.1, 0.15) is 5.69 Å². The number of hydrogen-bond donors (Lipinski definition) is 1.